The molecular formula is C52H40O10. The zero-order chi connectivity index (χ0) is 42.6. The van der Waals surface area contributed by atoms with E-state index in [2.05, 4.69) is 48.5 Å². The highest BCUT2D eigenvalue weighted by molar-refractivity contribution is 6.20. The van der Waals surface area contributed by atoms with Crippen molar-refractivity contribution < 1.29 is 47.6 Å². The van der Waals surface area contributed by atoms with E-state index in [1.165, 1.54) is 22.3 Å². The second kappa shape index (κ2) is 14.2. The largest absolute Gasteiger partial charge is 0.497 e. The number of ether oxygens (including phenoxy) is 6. The maximum Gasteiger partial charge on any atom is 0.347 e. The molecule has 6 aliphatic rings. The normalized spacial score (nSPS) is 15.3. The standard InChI is InChI=1S/2C26H20O5/c2*1-29-15-5-9-17-13(11-15)3-7-19-21(17)22-18-10-6-16(30-2)12-14(18)4-8-20(22)24-23(19)25(27)31-26(24)28/h2*5-6,9-12H,3-4,7-8H2,1-2H3. The number of aryl methyl sites for hydroxylation is 4. The van der Waals surface area contributed by atoms with Gasteiger partial charge in [-0.3, -0.25) is 0 Å². The van der Waals surface area contributed by atoms with Crippen molar-refractivity contribution in [3.63, 3.8) is 0 Å². The third kappa shape index (κ3) is 5.48. The van der Waals surface area contributed by atoms with Gasteiger partial charge in [0, 0.05) is 0 Å². The number of methoxy groups -OCH3 is 4. The first-order chi connectivity index (χ1) is 30.2. The van der Waals surface area contributed by atoms with Gasteiger partial charge in [0.2, 0.25) is 0 Å². The predicted molar refractivity (Wildman–Crippen MR) is 230 cm³/mol. The fourth-order valence-electron chi connectivity index (χ4n) is 10.8. The van der Waals surface area contributed by atoms with Crippen molar-refractivity contribution in [2.45, 2.75) is 51.4 Å². The average molecular weight is 825 g/mol. The summed E-state index contributed by atoms with van der Waals surface area (Å²) in [4.78, 5) is 50.8. The Kier molecular flexibility index (Phi) is 8.65. The van der Waals surface area contributed by atoms with Crippen molar-refractivity contribution in [1.29, 1.82) is 0 Å². The molecule has 6 aromatic carbocycles. The van der Waals surface area contributed by atoms with Crippen LogP contribution in [0.25, 0.3) is 44.5 Å². The Hall–Kier alpha value is -7.20. The van der Waals surface area contributed by atoms with Crippen molar-refractivity contribution in [3.05, 3.63) is 140 Å². The lowest BCUT2D eigenvalue weighted by Gasteiger charge is -2.30. The Bertz CT molecular complexity index is 2640. The van der Waals surface area contributed by atoms with Gasteiger partial charge in [-0.1, -0.05) is 24.3 Å². The minimum absolute atomic E-state index is 0.470. The summed E-state index contributed by atoms with van der Waals surface area (Å²) in [6, 6.07) is 24.4. The molecule has 2 heterocycles. The number of benzene rings is 6. The van der Waals surface area contributed by atoms with Crippen LogP contribution in [0.5, 0.6) is 23.0 Å². The van der Waals surface area contributed by atoms with Crippen LogP contribution in [0.2, 0.25) is 0 Å². The van der Waals surface area contributed by atoms with E-state index < -0.39 is 23.9 Å². The van der Waals surface area contributed by atoms with Crippen molar-refractivity contribution in [2.75, 3.05) is 28.4 Å². The van der Waals surface area contributed by atoms with Crippen molar-refractivity contribution in [1.82, 2.24) is 0 Å². The molecule has 0 unspecified atom stereocenters. The van der Waals surface area contributed by atoms with Gasteiger partial charge in [-0.2, -0.15) is 0 Å². The van der Waals surface area contributed by atoms with Crippen molar-refractivity contribution in [2.24, 2.45) is 0 Å². The summed E-state index contributed by atoms with van der Waals surface area (Å²) in [5.41, 5.74) is 18.9. The molecule has 0 saturated heterocycles. The van der Waals surface area contributed by atoms with Gasteiger partial charge >= 0.3 is 23.9 Å². The van der Waals surface area contributed by atoms with E-state index in [-0.39, 0.29) is 0 Å². The van der Waals surface area contributed by atoms with Gasteiger partial charge < -0.3 is 28.4 Å². The van der Waals surface area contributed by atoms with Crippen LogP contribution in [-0.2, 0) is 60.8 Å². The Morgan fingerprint density at radius 3 is 0.758 bits per heavy atom. The third-order valence-electron chi connectivity index (χ3n) is 13.5. The van der Waals surface area contributed by atoms with Crippen LogP contribution in [0.3, 0.4) is 0 Å². The summed E-state index contributed by atoms with van der Waals surface area (Å²) in [7, 11) is 6.66. The predicted octanol–water partition coefficient (Wildman–Crippen LogP) is 9.09. The fraction of sp³-hybridized carbons (Fsp3) is 0.231. The molecule has 10 nitrogen and oxygen atoms in total. The smallest absolute Gasteiger partial charge is 0.347 e. The number of cyclic esters (lactones) is 4. The summed E-state index contributed by atoms with van der Waals surface area (Å²) >= 11 is 0. The van der Waals surface area contributed by atoms with E-state index in [1.807, 2.05) is 24.3 Å². The number of hydrogen-bond acceptors (Lipinski definition) is 10. The van der Waals surface area contributed by atoms with E-state index in [1.54, 1.807) is 28.4 Å². The molecule has 0 saturated carbocycles. The minimum Gasteiger partial charge on any atom is -0.497 e. The Morgan fingerprint density at radius 2 is 0.548 bits per heavy atom. The number of esters is 4. The Balaban J connectivity index is 0.000000139. The van der Waals surface area contributed by atoms with E-state index >= 15 is 0 Å². The van der Waals surface area contributed by atoms with Gasteiger partial charge in [0.1, 0.15) is 23.0 Å². The second-order valence-corrected chi connectivity index (χ2v) is 16.4. The Labute approximate surface area is 357 Å². The summed E-state index contributed by atoms with van der Waals surface area (Å²) in [6.07, 6.45) is 5.84. The van der Waals surface area contributed by atoms with E-state index in [0.29, 0.717) is 47.9 Å². The zero-order valence-corrected chi connectivity index (χ0v) is 34.7. The van der Waals surface area contributed by atoms with Crippen LogP contribution in [0.1, 0.15) is 85.9 Å². The van der Waals surface area contributed by atoms with Crippen molar-refractivity contribution >= 4 is 23.9 Å². The molecule has 4 aliphatic carbocycles. The molecule has 0 spiro atoms. The molecule has 0 amide bonds. The maximum absolute atomic E-state index is 12.7. The minimum atomic E-state index is -0.517. The van der Waals surface area contributed by atoms with Crippen molar-refractivity contribution in [3.8, 4) is 67.5 Å². The Morgan fingerprint density at radius 1 is 0.323 bits per heavy atom. The summed E-state index contributed by atoms with van der Waals surface area (Å²) < 4.78 is 31.9. The average Bonchev–Trinajstić information content (AvgIpc) is 3.79. The van der Waals surface area contributed by atoms with Gasteiger partial charge in [-0.15, -0.1) is 0 Å². The van der Waals surface area contributed by atoms with Crippen LogP contribution < -0.4 is 18.9 Å². The summed E-state index contributed by atoms with van der Waals surface area (Å²) in [6.45, 7) is 0. The molecule has 0 fully saturated rings. The lowest BCUT2D eigenvalue weighted by Crippen LogP contribution is -2.17. The number of rotatable bonds is 4. The number of fused-ring (bicyclic) bond motifs is 20. The molecule has 6 aromatic rings. The molecule has 0 bridgehead atoms. The lowest BCUT2D eigenvalue weighted by atomic mass is 9.72. The van der Waals surface area contributed by atoms with Gasteiger partial charge in [-0.05, 0) is 189 Å². The first kappa shape index (κ1) is 37.8. The van der Waals surface area contributed by atoms with Crippen LogP contribution >= 0.6 is 0 Å². The summed E-state index contributed by atoms with van der Waals surface area (Å²) in [5.74, 6) is 1.20. The third-order valence-corrected chi connectivity index (χ3v) is 13.5. The van der Waals surface area contributed by atoms with Gasteiger partial charge in [0.15, 0.2) is 0 Å². The molecule has 0 N–H and O–H groups in total. The molecule has 0 radical (unpaired) electrons. The first-order valence-corrected chi connectivity index (χ1v) is 20.9. The molecular weight excluding hydrogens is 785 g/mol. The van der Waals surface area contributed by atoms with Gasteiger partial charge in [0.05, 0.1) is 50.7 Å². The van der Waals surface area contributed by atoms with Crippen LogP contribution in [0.4, 0.5) is 0 Å². The highest BCUT2D eigenvalue weighted by Gasteiger charge is 2.43. The fourth-order valence-corrected chi connectivity index (χ4v) is 10.8. The van der Waals surface area contributed by atoms with Crippen LogP contribution in [-0.4, -0.2) is 52.3 Å². The van der Waals surface area contributed by atoms with Gasteiger partial charge in [-0.25, -0.2) is 19.2 Å². The molecule has 308 valence electrons. The van der Waals surface area contributed by atoms with Crippen LogP contribution in [0, 0.1) is 0 Å². The quantitative estimate of drug-likeness (QED) is 0.126. The lowest BCUT2D eigenvalue weighted by molar-refractivity contribution is 0.0425. The zero-order valence-electron chi connectivity index (χ0n) is 34.7. The van der Waals surface area contributed by atoms with Gasteiger partial charge in [0.25, 0.3) is 0 Å². The number of carbonyl (C=O) groups excluding carboxylic acids is 4. The second-order valence-electron chi connectivity index (χ2n) is 16.4. The highest BCUT2D eigenvalue weighted by Crippen LogP contribution is 2.53. The highest BCUT2D eigenvalue weighted by atomic mass is 16.6. The monoisotopic (exact) mass is 824 g/mol. The number of carbonyl (C=O) groups is 4. The summed E-state index contributed by atoms with van der Waals surface area (Å²) in [5, 5.41) is 0. The molecule has 2 aliphatic heterocycles. The van der Waals surface area contributed by atoms with E-state index in [0.717, 1.165) is 115 Å². The van der Waals surface area contributed by atoms with E-state index in [4.69, 9.17) is 28.4 Å². The van der Waals surface area contributed by atoms with E-state index in [9.17, 15) is 19.2 Å². The molecule has 12 rings (SSSR count). The molecule has 62 heavy (non-hydrogen) atoms. The first-order valence-electron chi connectivity index (χ1n) is 20.9. The SMILES string of the molecule is COc1ccc2c(c1)CCc1c3c(c4c(c1-2)-c1ccc(OC)cc1CC4)C(=O)OC3=O.COc1ccc2c(c1)CCc1c3c(c4c(c1-2)-c1ccc(OC)cc1CC4)C(=O)OC3=O. The maximum atomic E-state index is 12.7. The van der Waals surface area contributed by atoms with Crippen LogP contribution in [0.15, 0.2) is 72.8 Å². The molecule has 0 atom stereocenters. The topological polar surface area (TPSA) is 124 Å². The molecule has 0 aromatic heterocycles. The molecule has 10 heteroatoms. The number of hydrogen-bond donors (Lipinski definition) is 0.